The fraction of sp³-hybridized carbons (Fsp3) is 0.294. The third-order valence-corrected chi connectivity index (χ3v) is 3.57. The molecule has 0 fully saturated rings. The highest BCUT2D eigenvalue weighted by molar-refractivity contribution is 6.30. The summed E-state index contributed by atoms with van der Waals surface area (Å²) in [5.41, 5.74) is 1.99. The number of anilines is 1. The zero-order valence-electron chi connectivity index (χ0n) is 12.4. The maximum Gasteiger partial charge on any atom is 0.231 e. The molecule has 0 unspecified atom stereocenters. The van der Waals surface area contributed by atoms with Gasteiger partial charge in [-0.1, -0.05) is 18.5 Å². The summed E-state index contributed by atoms with van der Waals surface area (Å²) in [6.45, 7) is 3.68. The van der Waals surface area contributed by atoms with Gasteiger partial charge < -0.3 is 19.5 Å². The summed E-state index contributed by atoms with van der Waals surface area (Å²) in [5.74, 6) is 2.40. The quantitative estimate of drug-likeness (QED) is 0.852. The van der Waals surface area contributed by atoms with Crippen molar-refractivity contribution in [2.45, 2.75) is 19.9 Å². The zero-order valence-corrected chi connectivity index (χ0v) is 13.2. The Labute approximate surface area is 135 Å². The van der Waals surface area contributed by atoms with Crippen LogP contribution in [0.25, 0.3) is 0 Å². The Morgan fingerprint density at radius 3 is 2.86 bits per heavy atom. The van der Waals surface area contributed by atoms with Gasteiger partial charge >= 0.3 is 0 Å². The number of nitrogens with one attached hydrogen (secondary N) is 1. The van der Waals surface area contributed by atoms with Gasteiger partial charge in [-0.3, -0.25) is 0 Å². The molecule has 0 radical (unpaired) electrons. The van der Waals surface area contributed by atoms with E-state index in [-0.39, 0.29) is 6.79 Å². The molecule has 0 saturated heterocycles. The van der Waals surface area contributed by atoms with Crippen LogP contribution >= 0.6 is 11.6 Å². The maximum atomic E-state index is 6.09. The van der Waals surface area contributed by atoms with Gasteiger partial charge in [-0.2, -0.15) is 0 Å². The lowest BCUT2D eigenvalue weighted by Crippen LogP contribution is -2.04. The Morgan fingerprint density at radius 1 is 1.14 bits per heavy atom. The third kappa shape index (κ3) is 3.39. The SMILES string of the molecule is CCCOc1ccc(Cl)cc1CNc1ccc2c(c1)OCO2. The predicted octanol–water partition coefficient (Wildman–Crippen LogP) is 4.47. The second-order valence-corrected chi connectivity index (χ2v) is 5.46. The standard InChI is InChI=1S/C17H18ClNO3/c1-2-7-20-15-5-3-13(18)8-12(15)10-19-14-4-6-16-17(9-14)22-11-21-16/h3-6,8-9,19H,2,7,10-11H2,1H3. The number of hydrogen-bond acceptors (Lipinski definition) is 4. The van der Waals surface area contributed by atoms with E-state index in [4.69, 9.17) is 25.8 Å². The van der Waals surface area contributed by atoms with Crippen molar-refractivity contribution in [3.8, 4) is 17.2 Å². The first-order chi connectivity index (χ1) is 10.8. The lowest BCUT2D eigenvalue weighted by molar-refractivity contribution is 0.174. The molecule has 0 spiro atoms. The van der Waals surface area contributed by atoms with Crippen LogP contribution in [0.2, 0.25) is 5.02 Å². The molecule has 0 aromatic heterocycles. The molecular formula is C17H18ClNO3. The van der Waals surface area contributed by atoms with E-state index in [1.54, 1.807) is 0 Å². The van der Waals surface area contributed by atoms with Gasteiger partial charge in [0.2, 0.25) is 6.79 Å². The van der Waals surface area contributed by atoms with E-state index in [1.165, 1.54) is 0 Å². The molecule has 0 saturated carbocycles. The number of rotatable bonds is 6. The average Bonchev–Trinajstić information content (AvgIpc) is 2.99. The summed E-state index contributed by atoms with van der Waals surface area (Å²) in [7, 11) is 0. The molecule has 1 aliphatic heterocycles. The van der Waals surface area contributed by atoms with Gasteiger partial charge in [0.1, 0.15) is 5.75 Å². The fourth-order valence-electron chi connectivity index (χ4n) is 2.24. The molecule has 1 N–H and O–H groups in total. The summed E-state index contributed by atoms with van der Waals surface area (Å²) >= 11 is 6.09. The fourth-order valence-corrected chi connectivity index (χ4v) is 2.44. The van der Waals surface area contributed by atoms with Gasteiger partial charge in [0.05, 0.1) is 6.61 Å². The van der Waals surface area contributed by atoms with Crippen LogP contribution in [-0.4, -0.2) is 13.4 Å². The minimum absolute atomic E-state index is 0.280. The van der Waals surface area contributed by atoms with Crippen molar-refractivity contribution in [3.05, 3.63) is 47.0 Å². The molecule has 3 rings (SSSR count). The van der Waals surface area contributed by atoms with Gasteiger partial charge in [-0.05, 0) is 36.8 Å². The van der Waals surface area contributed by atoms with Gasteiger partial charge in [0.15, 0.2) is 11.5 Å². The Morgan fingerprint density at radius 2 is 2.00 bits per heavy atom. The minimum atomic E-state index is 0.280. The van der Waals surface area contributed by atoms with Crippen molar-refractivity contribution >= 4 is 17.3 Å². The molecule has 0 atom stereocenters. The van der Waals surface area contributed by atoms with E-state index in [9.17, 15) is 0 Å². The highest BCUT2D eigenvalue weighted by Crippen LogP contribution is 2.34. The number of halogens is 1. The van der Waals surface area contributed by atoms with Crippen molar-refractivity contribution in [2.24, 2.45) is 0 Å². The molecule has 2 aromatic carbocycles. The van der Waals surface area contributed by atoms with E-state index in [1.807, 2.05) is 36.4 Å². The molecule has 0 aliphatic carbocycles. The topological polar surface area (TPSA) is 39.7 Å². The first-order valence-electron chi connectivity index (χ1n) is 7.31. The third-order valence-electron chi connectivity index (χ3n) is 3.34. The second kappa shape index (κ2) is 6.79. The van der Waals surface area contributed by atoms with Gasteiger partial charge in [-0.15, -0.1) is 0 Å². The molecule has 1 heterocycles. The van der Waals surface area contributed by atoms with Crippen LogP contribution in [0.1, 0.15) is 18.9 Å². The molecular weight excluding hydrogens is 302 g/mol. The van der Waals surface area contributed by atoms with Crippen LogP contribution in [0, 0.1) is 0 Å². The maximum absolute atomic E-state index is 6.09. The average molecular weight is 320 g/mol. The molecule has 116 valence electrons. The summed E-state index contributed by atoms with van der Waals surface area (Å²) in [6, 6.07) is 11.5. The van der Waals surface area contributed by atoms with E-state index in [0.717, 1.165) is 34.9 Å². The molecule has 4 nitrogen and oxygen atoms in total. The molecule has 5 heteroatoms. The molecule has 22 heavy (non-hydrogen) atoms. The van der Waals surface area contributed by atoms with E-state index < -0.39 is 0 Å². The van der Waals surface area contributed by atoms with Crippen LogP contribution in [0.15, 0.2) is 36.4 Å². The smallest absolute Gasteiger partial charge is 0.231 e. The van der Waals surface area contributed by atoms with Gasteiger partial charge in [-0.25, -0.2) is 0 Å². The van der Waals surface area contributed by atoms with Crippen LogP contribution in [0.4, 0.5) is 5.69 Å². The first kappa shape index (κ1) is 14.9. The molecule has 1 aliphatic rings. The Balaban J connectivity index is 1.71. The normalized spacial score (nSPS) is 12.3. The second-order valence-electron chi connectivity index (χ2n) is 5.02. The highest BCUT2D eigenvalue weighted by Gasteiger charge is 2.13. The Bertz CT molecular complexity index is 660. The largest absolute Gasteiger partial charge is 0.493 e. The molecule has 0 bridgehead atoms. The van der Waals surface area contributed by atoms with Gasteiger partial charge in [0.25, 0.3) is 0 Å². The molecule has 2 aromatic rings. The van der Waals surface area contributed by atoms with E-state index in [2.05, 4.69) is 12.2 Å². The molecule has 0 amide bonds. The summed E-state index contributed by atoms with van der Waals surface area (Å²) in [4.78, 5) is 0. The van der Waals surface area contributed by atoms with Crippen molar-refractivity contribution < 1.29 is 14.2 Å². The number of ether oxygens (including phenoxy) is 3. The minimum Gasteiger partial charge on any atom is -0.493 e. The van der Waals surface area contributed by atoms with E-state index in [0.29, 0.717) is 18.2 Å². The van der Waals surface area contributed by atoms with Crippen molar-refractivity contribution in [3.63, 3.8) is 0 Å². The van der Waals surface area contributed by atoms with Crippen LogP contribution in [0.3, 0.4) is 0 Å². The lowest BCUT2D eigenvalue weighted by Gasteiger charge is -2.13. The number of benzene rings is 2. The van der Waals surface area contributed by atoms with Crippen LogP contribution in [-0.2, 0) is 6.54 Å². The Kier molecular flexibility index (Phi) is 4.59. The van der Waals surface area contributed by atoms with Crippen LogP contribution in [0.5, 0.6) is 17.2 Å². The number of fused-ring (bicyclic) bond motifs is 1. The van der Waals surface area contributed by atoms with E-state index >= 15 is 0 Å². The van der Waals surface area contributed by atoms with Gasteiger partial charge in [0, 0.05) is 28.9 Å². The number of hydrogen-bond donors (Lipinski definition) is 1. The van der Waals surface area contributed by atoms with Crippen molar-refractivity contribution in [1.29, 1.82) is 0 Å². The van der Waals surface area contributed by atoms with Crippen molar-refractivity contribution in [2.75, 3.05) is 18.7 Å². The highest BCUT2D eigenvalue weighted by atomic mass is 35.5. The van der Waals surface area contributed by atoms with Crippen LogP contribution < -0.4 is 19.5 Å². The lowest BCUT2D eigenvalue weighted by atomic mass is 10.2. The van der Waals surface area contributed by atoms with Crippen molar-refractivity contribution in [1.82, 2.24) is 0 Å². The summed E-state index contributed by atoms with van der Waals surface area (Å²) < 4.78 is 16.4. The monoisotopic (exact) mass is 319 g/mol. The summed E-state index contributed by atoms with van der Waals surface area (Å²) in [5, 5.41) is 4.06. The first-order valence-corrected chi connectivity index (χ1v) is 7.69. The summed E-state index contributed by atoms with van der Waals surface area (Å²) in [6.07, 6.45) is 0.970. The Hall–Kier alpha value is -2.07. The predicted molar refractivity (Wildman–Crippen MR) is 87.1 cm³/mol. The zero-order chi connectivity index (χ0) is 15.4.